The van der Waals surface area contributed by atoms with E-state index in [4.69, 9.17) is 0 Å². The minimum atomic E-state index is -0.200. The molecule has 0 aliphatic carbocycles. The summed E-state index contributed by atoms with van der Waals surface area (Å²) in [5.41, 5.74) is 6.19. The summed E-state index contributed by atoms with van der Waals surface area (Å²) in [4.78, 5) is 21.9. The highest BCUT2D eigenvalue weighted by Crippen LogP contribution is 2.30. The van der Waals surface area contributed by atoms with E-state index in [1.54, 1.807) is 0 Å². The number of nitrogens with zero attached hydrogens (tertiary/aromatic N) is 2. The average molecular weight is 494 g/mol. The van der Waals surface area contributed by atoms with Crippen LogP contribution in [0.25, 0.3) is 10.9 Å². The van der Waals surface area contributed by atoms with Crippen LogP contribution in [0.4, 0.5) is 11.4 Å². The second kappa shape index (κ2) is 10.7. The lowest BCUT2D eigenvalue weighted by Crippen LogP contribution is -2.61. The molecule has 0 bridgehead atoms. The Bertz CT molecular complexity index is 1340. The first-order valence-electron chi connectivity index (χ1n) is 13.5. The average Bonchev–Trinajstić information content (AvgIpc) is 3.44. The fraction of sp³-hybridized carbons (Fsp3) is 0.323. The number of aromatic amines is 1. The van der Waals surface area contributed by atoms with Crippen LogP contribution >= 0.6 is 0 Å². The number of H-pyrrole nitrogens is 1. The van der Waals surface area contributed by atoms with Crippen molar-refractivity contribution in [1.82, 2.24) is 15.2 Å². The first-order chi connectivity index (χ1) is 18.3. The van der Waals surface area contributed by atoms with E-state index in [0.29, 0.717) is 6.54 Å². The summed E-state index contributed by atoms with van der Waals surface area (Å²) in [5.74, 6) is 0.133. The maximum absolute atomic E-state index is 13.7. The van der Waals surface area contributed by atoms with Crippen molar-refractivity contribution in [2.45, 2.75) is 31.3 Å². The van der Waals surface area contributed by atoms with Crippen molar-refractivity contribution in [3.8, 4) is 0 Å². The van der Waals surface area contributed by atoms with Crippen LogP contribution in [0.1, 0.15) is 17.5 Å². The van der Waals surface area contributed by atoms with Crippen LogP contribution in [0.2, 0.25) is 0 Å². The van der Waals surface area contributed by atoms with E-state index >= 15 is 0 Å². The van der Waals surface area contributed by atoms with Gasteiger partial charge < -0.3 is 20.5 Å². The number of nitrogens with one attached hydrogen (secondary N) is 3. The van der Waals surface area contributed by atoms with Crippen LogP contribution in [0.3, 0.4) is 0 Å². The van der Waals surface area contributed by atoms with E-state index in [2.05, 4.69) is 98.2 Å². The zero-order chi connectivity index (χ0) is 25.0. The fourth-order valence-corrected chi connectivity index (χ4v) is 5.97. The van der Waals surface area contributed by atoms with Gasteiger partial charge in [0.25, 0.3) is 0 Å². The van der Waals surface area contributed by atoms with E-state index in [9.17, 15) is 4.79 Å². The van der Waals surface area contributed by atoms with Gasteiger partial charge in [0.15, 0.2) is 0 Å². The highest BCUT2D eigenvalue weighted by atomic mass is 16.2. The van der Waals surface area contributed by atoms with Gasteiger partial charge in [0.1, 0.15) is 6.04 Å². The van der Waals surface area contributed by atoms with E-state index < -0.39 is 0 Å². The number of fused-ring (bicyclic) bond motifs is 2. The third-order valence-electron chi connectivity index (χ3n) is 7.91. The van der Waals surface area contributed by atoms with Crippen molar-refractivity contribution in [3.63, 3.8) is 0 Å². The molecule has 190 valence electrons. The van der Waals surface area contributed by atoms with Crippen molar-refractivity contribution in [2.75, 3.05) is 42.9 Å². The Morgan fingerprint density at radius 3 is 2.59 bits per heavy atom. The predicted molar refractivity (Wildman–Crippen MR) is 151 cm³/mol. The molecule has 6 heteroatoms. The van der Waals surface area contributed by atoms with Crippen molar-refractivity contribution < 1.29 is 4.79 Å². The smallest absolute Gasteiger partial charge is 0.239 e. The molecule has 2 aliphatic rings. The Morgan fingerprint density at radius 1 is 0.919 bits per heavy atom. The van der Waals surface area contributed by atoms with Crippen LogP contribution in [-0.2, 0) is 17.6 Å². The van der Waals surface area contributed by atoms with Crippen LogP contribution in [-0.4, -0.2) is 60.6 Å². The van der Waals surface area contributed by atoms with Gasteiger partial charge in [0.05, 0.1) is 6.04 Å². The summed E-state index contributed by atoms with van der Waals surface area (Å²) in [6.45, 7) is 4.18. The maximum atomic E-state index is 13.7. The first-order valence-corrected chi connectivity index (χ1v) is 13.5. The molecule has 1 amide bonds. The number of anilines is 2. The number of amides is 1. The van der Waals surface area contributed by atoms with Gasteiger partial charge in [-0.2, -0.15) is 0 Å². The number of piperazine rings is 1. The van der Waals surface area contributed by atoms with Crippen LogP contribution in [0.15, 0.2) is 85.1 Å². The molecule has 3 heterocycles. The van der Waals surface area contributed by atoms with Crippen LogP contribution in [0, 0.1) is 0 Å². The quantitative estimate of drug-likeness (QED) is 0.356. The third-order valence-corrected chi connectivity index (χ3v) is 7.91. The van der Waals surface area contributed by atoms with Gasteiger partial charge in [-0.05, 0) is 54.7 Å². The number of carbonyl (C=O) groups is 1. The van der Waals surface area contributed by atoms with Gasteiger partial charge >= 0.3 is 0 Å². The van der Waals surface area contributed by atoms with E-state index in [1.807, 2.05) is 12.3 Å². The molecule has 2 unspecified atom stereocenters. The summed E-state index contributed by atoms with van der Waals surface area (Å²) in [7, 11) is 0. The molecule has 2 aliphatic heterocycles. The normalized spacial score (nSPS) is 18.7. The summed E-state index contributed by atoms with van der Waals surface area (Å²) >= 11 is 0. The monoisotopic (exact) mass is 493 g/mol. The first kappa shape index (κ1) is 23.6. The number of benzene rings is 3. The molecule has 6 nitrogen and oxygen atoms in total. The predicted octanol–water partition coefficient (Wildman–Crippen LogP) is 4.44. The van der Waals surface area contributed by atoms with E-state index in [-0.39, 0.29) is 18.0 Å². The largest absolute Gasteiger partial charge is 0.380 e. The molecule has 4 aromatic rings. The summed E-state index contributed by atoms with van der Waals surface area (Å²) in [6.07, 6.45) is 4.80. The molecule has 1 saturated heterocycles. The Balaban J connectivity index is 1.17. The minimum Gasteiger partial charge on any atom is -0.380 e. The van der Waals surface area contributed by atoms with Crippen LogP contribution < -0.4 is 15.5 Å². The number of rotatable bonds is 7. The van der Waals surface area contributed by atoms with Crippen molar-refractivity contribution >= 4 is 28.2 Å². The van der Waals surface area contributed by atoms with Crippen molar-refractivity contribution in [3.05, 3.63) is 96.2 Å². The second-order valence-corrected chi connectivity index (χ2v) is 10.2. The lowest BCUT2D eigenvalue weighted by molar-refractivity contribution is -0.127. The minimum absolute atomic E-state index is 0.0891. The lowest BCUT2D eigenvalue weighted by Gasteiger charge is -2.43. The maximum Gasteiger partial charge on any atom is 0.239 e. The highest BCUT2D eigenvalue weighted by Gasteiger charge is 2.37. The molecule has 0 saturated carbocycles. The topological polar surface area (TPSA) is 63.4 Å². The molecular formula is C31H35N5O. The lowest BCUT2D eigenvalue weighted by atomic mass is 9.92. The van der Waals surface area contributed by atoms with E-state index in [1.165, 1.54) is 33.4 Å². The van der Waals surface area contributed by atoms with Gasteiger partial charge in [0, 0.05) is 61.2 Å². The number of hydrogen-bond donors (Lipinski definition) is 3. The Kier molecular flexibility index (Phi) is 6.82. The number of hydrogen-bond acceptors (Lipinski definition) is 4. The van der Waals surface area contributed by atoms with Gasteiger partial charge in [-0.3, -0.25) is 9.69 Å². The Labute approximate surface area is 218 Å². The second-order valence-electron chi connectivity index (χ2n) is 10.2. The SMILES string of the molecule is O=C(NCCc1ccccc1)C(C1CCc2ccccc2N1)N1CCN(c2cccc3[nH]ccc23)CC1. The summed E-state index contributed by atoms with van der Waals surface area (Å²) in [6, 6.07) is 27.4. The van der Waals surface area contributed by atoms with E-state index in [0.717, 1.165) is 45.4 Å². The molecule has 6 rings (SSSR count). The van der Waals surface area contributed by atoms with Crippen LogP contribution in [0.5, 0.6) is 0 Å². The fourth-order valence-electron chi connectivity index (χ4n) is 5.97. The highest BCUT2D eigenvalue weighted by molar-refractivity contribution is 5.92. The van der Waals surface area contributed by atoms with Gasteiger partial charge in [-0.1, -0.05) is 54.6 Å². The molecule has 0 spiro atoms. The number of aromatic nitrogens is 1. The standard InChI is InChI=1S/C31H35N5O/c37-31(33-17-15-23-7-2-1-3-8-23)30(28-14-13-24-9-4-5-10-26(24)34-28)36-21-19-35(20-22-36)29-12-6-11-27-25(29)16-18-32-27/h1-12,16,18,28,30,32,34H,13-15,17,19-22H2,(H,33,37). The number of para-hydroxylation sites is 1. The Morgan fingerprint density at radius 2 is 1.73 bits per heavy atom. The number of aryl methyl sites for hydroxylation is 1. The zero-order valence-electron chi connectivity index (χ0n) is 21.2. The summed E-state index contributed by atoms with van der Waals surface area (Å²) < 4.78 is 0. The molecule has 1 aromatic heterocycles. The molecular weight excluding hydrogens is 458 g/mol. The van der Waals surface area contributed by atoms with Gasteiger partial charge in [-0.15, -0.1) is 0 Å². The Hall–Kier alpha value is -3.77. The molecule has 37 heavy (non-hydrogen) atoms. The molecule has 2 atom stereocenters. The number of carbonyl (C=O) groups excluding carboxylic acids is 1. The van der Waals surface area contributed by atoms with Crippen molar-refractivity contribution in [1.29, 1.82) is 0 Å². The molecule has 3 N–H and O–H groups in total. The molecule has 0 radical (unpaired) electrons. The van der Waals surface area contributed by atoms with Gasteiger partial charge in [0.2, 0.25) is 5.91 Å². The zero-order valence-corrected chi connectivity index (χ0v) is 21.2. The third kappa shape index (κ3) is 5.07. The molecule has 1 fully saturated rings. The van der Waals surface area contributed by atoms with Gasteiger partial charge in [-0.25, -0.2) is 0 Å². The molecule has 3 aromatic carbocycles. The van der Waals surface area contributed by atoms with Crippen molar-refractivity contribution in [2.24, 2.45) is 0 Å². The summed E-state index contributed by atoms with van der Waals surface area (Å²) in [5, 5.41) is 8.26.